The fraction of sp³-hybridized carbons (Fsp3) is 0.143. The zero-order valence-electron chi connectivity index (χ0n) is 13.6. The largest absolute Gasteiger partial charge is 0.489 e. The number of hydrogen-bond donors (Lipinski definition) is 1. The van der Waals surface area contributed by atoms with Crippen LogP contribution in [0.2, 0.25) is 5.02 Å². The van der Waals surface area contributed by atoms with Gasteiger partial charge in [0.25, 0.3) is 0 Å². The second-order valence-corrected chi connectivity index (χ2v) is 6.17. The molecule has 0 aliphatic rings. The molecule has 3 aromatic rings. The SMILES string of the molecule is Cc1ccccc1NCc1cccc(OCc2cccc(Cl)c2)c1. The molecule has 122 valence electrons. The lowest BCUT2D eigenvalue weighted by Gasteiger charge is -2.11. The summed E-state index contributed by atoms with van der Waals surface area (Å²) in [5, 5.41) is 4.19. The molecule has 0 aliphatic carbocycles. The standard InChI is InChI=1S/C21H20ClNO/c1-16-6-2-3-11-21(16)23-14-17-7-5-10-20(13-17)24-15-18-8-4-9-19(22)12-18/h2-13,23H,14-15H2,1H3. The van der Waals surface area contributed by atoms with E-state index in [4.69, 9.17) is 16.3 Å². The predicted molar refractivity (Wildman–Crippen MR) is 101 cm³/mol. The first-order chi connectivity index (χ1) is 11.7. The second-order valence-electron chi connectivity index (χ2n) is 5.73. The van der Waals surface area contributed by atoms with E-state index in [2.05, 4.69) is 36.5 Å². The van der Waals surface area contributed by atoms with Crippen LogP contribution >= 0.6 is 11.6 Å². The predicted octanol–water partition coefficient (Wildman–Crippen LogP) is 5.84. The van der Waals surface area contributed by atoms with Gasteiger partial charge in [0, 0.05) is 17.3 Å². The Kier molecular flexibility index (Phi) is 5.39. The van der Waals surface area contributed by atoms with E-state index in [-0.39, 0.29) is 0 Å². The molecular formula is C21H20ClNO. The maximum Gasteiger partial charge on any atom is 0.120 e. The molecule has 0 saturated heterocycles. The highest BCUT2D eigenvalue weighted by molar-refractivity contribution is 6.30. The maximum absolute atomic E-state index is 6.00. The van der Waals surface area contributed by atoms with Crippen molar-refractivity contribution in [3.8, 4) is 5.75 Å². The summed E-state index contributed by atoms with van der Waals surface area (Å²) in [6.07, 6.45) is 0. The van der Waals surface area contributed by atoms with Gasteiger partial charge in [0.1, 0.15) is 12.4 Å². The molecule has 3 rings (SSSR count). The monoisotopic (exact) mass is 337 g/mol. The molecule has 0 saturated carbocycles. The number of aryl methyl sites for hydroxylation is 1. The fourth-order valence-electron chi connectivity index (χ4n) is 2.51. The molecule has 0 spiro atoms. The summed E-state index contributed by atoms with van der Waals surface area (Å²) in [6, 6.07) is 24.2. The lowest BCUT2D eigenvalue weighted by atomic mass is 10.1. The van der Waals surface area contributed by atoms with Crippen molar-refractivity contribution in [2.45, 2.75) is 20.1 Å². The molecule has 0 amide bonds. The van der Waals surface area contributed by atoms with Crippen LogP contribution in [-0.4, -0.2) is 0 Å². The van der Waals surface area contributed by atoms with Crippen LogP contribution in [0.5, 0.6) is 5.75 Å². The van der Waals surface area contributed by atoms with Gasteiger partial charge < -0.3 is 10.1 Å². The van der Waals surface area contributed by atoms with Gasteiger partial charge in [-0.15, -0.1) is 0 Å². The smallest absolute Gasteiger partial charge is 0.120 e. The minimum absolute atomic E-state index is 0.509. The minimum atomic E-state index is 0.509. The molecule has 3 aromatic carbocycles. The molecular weight excluding hydrogens is 318 g/mol. The van der Waals surface area contributed by atoms with Crippen molar-refractivity contribution in [2.75, 3.05) is 5.32 Å². The first kappa shape index (κ1) is 16.4. The summed E-state index contributed by atoms with van der Waals surface area (Å²) in [5.41, 5.74) is 4.64. The van der Waals surface area contributed by atoms with Gasteiger partial charge in [0.15, 0.2) is 0 Å². The van der Waals surface area contributed by atoms with E-state index in [9.17, 15) is 0 Å². The second kappa shape index (κ2) is 7.89. The van der Waals surface area contributed by atoms with Crippen molar-refractivity contribution in [3.05, 3.63) is 94.5 Å². The molecule has 0 bridgehead atoms. The average molecular weight is 338 g/mol. The molecule has 0 radical (unpaired) electrons. The number of hydrogen-bond acceptors (Lipinski definition) is 2. The van der Waals surface area contributed by atoms with E-state index in [1.54, 1.807) is 0 Å². The Morgan fingerprint density at radius 1 is 0.875 bits per heavy atom. The molecule has 3 heteroatoms. The molecule has 0 fully saturated rings. The summed E-state index contributed by atoms with van der Waals surface area (Å²) in [4.78, 5) is 0. The van der Waals surface area contributed by atoms with Crippen LogP contribution in [0.4, 0.5) is 5.69 Å². The molecule has 2 nitrogen and oxygen atoms in total. The summed E-state index contributed by atoms with van der Waals surface area (Å²) in [6.45, 7) is 3.38. The third-order valence-corrected chi connectivity index (χ3v) is 4.06. The van der Waals surface area contributed by atoms with Gasteiger partial charge >= 0.3 is 0 Å². The first-order valence-corrected chi connectivity index (χ1v) is 8.34. The number of benzene rings is 3. The van der Waals surface area contributed by atoms with E-state index in [1.165, 1.54) is 11.1 Å². The van der Waals surface area contributed by atoms with Crippen molar-refractivity contribution in [1.82, 2.24) is 0 Å². The zero-order valence-corrected chi connectivity index (χ0v) is 14.4. The number of anilines is 1. The number of nitrogens with one attached hydrogen (secondary N) is 1. The van der Waals surface area contributed by atoms with Crippen LogP contribution in [0.25, 0.3) is 0 Å². The van der Waals surface area contributed by atoms with E-state index in [0.717, 1.165) is 28.6 Å². The summed E-state index contributed by atoms with van der Waals surface area (Å²) >= 11 is 6.00. The molecule has 0 heterocycles. The van der Waals surface area contributed by atoms with E-state index in [0.29, 0.717) is 6.61 Å². The lowest BCUT2D eigenvalue weighted by Crippen LogP contribution is -2.01. The van der Waals surface area contributed by atoms with Gasteiger partial charge in [-0.05, 0) is 53.9 Å². The van der Waals surface area contributed by atoms with E-state index in [1.807, 2.05) is 48.5 Å². The van der Waals surface area contributed by atoms with Crippen LogP contribution in [0.3, 0.4) is 0 Å². The minimum Gasteiger partial charge on any atom is -0.489 e. The Hall–Kier alpha value is -2.45. The summed E-state index contributed by atoms with van der Waals surface area (Å²) in [7, 11) is 0. The molecule has 0 aliphatic heterocycles. The Balaban J connectivity index is 1.60. The third-order valence-electron chi connectivity index (χ3n) is 3.82. The maximum atomic E-state index is 6.00. The van der Waals surface area contributed by atoms with Gasteiger partial charge in [0.05, 0.1) is 0 Å². The third kappa shape index (κ3) is 4.53. The lowest BCUT2D eigenvalue weighted by molar-refractivity contribution is 0.306. The first-order valence-electron chi connectivity index (χ1n) is 7.96. The van der Waals surface area contributed by atoms with E-state index < -0.39 is 0 Å². The normalized spacial score (nSPS) is 10.4. The van der Waals surface area contributed by atoms with Crippen LogP contribution in [0.15, 0.2) is 72.8 Å². The average Bonchev–Trinajstić information content (AvgIpc) is 2.60. The molecule has 0 unspecified atom stereocenters. The van der Waals surface area contributed by atoms with Crippen LogP contribution in [0.1, 0.15) is 16.7 Å². The van der Waals surface area contributed by atoms with E-state index >= 15 is 0 Å². The summed E-state index contributed by atoms with van der Waals surface area (Å²) < 4.78 is 5.88. The van der Waals surface area contributed by atoms with Crippen molar-refractivity contribution >= 4 is 17.3 Å². The van der Waals surface area contributed by atoms with Gasteiger partial charge in [-0.25, -0.2) is 0 Å². The van der Waals surface area contributed by atoms with Crippen molar-refractivity contribution in [2.24, 2.45) is 0 Å². The zero-order chi connectivity index (χ0) is 16.8. The van der Waals surface area contributed by atoms with Gasteiger partial charge in [-0.1, -0.05) is 54.1 Å². The van der Waals surface area contributed by atoms with Gasteiger partial charge in [-0.2, -0.15) is 0 Å². The van der Waals surface area contributed by atoms with Gasteiger partial charge in [0.2, 0.25) is 0 Å². The molecule has 0 aromatic heterocycles. The molecule has 0 atom stereocenters. The quantitative estimate of drug-likeness (QED) is 0.610. The Labute approximate surface area is 148 Å². The highest BCUT2D eigenvalue weighted by atomic mass is 35.5. The number of rotatable bonds is 6. The van der Waals surface area contributed by atoms with Crippen LogP contribution in [0, 0.1) is 6.92 Å². The fourth-order valence-corrected chi connectivity index (χ4v) is 2.72. The van der Waals surface area contributed by atoms with Crippen molar-refractivity contribution in [1.29, 1.82) is 0 Å². The van der Waals surface area contributed by atoms with Crippen LogP contribution in [-0.2, 0) is 13.2 Å². The van der Waals surface area contributed by atoms with Crippen molar-refractivity contribution in [3.63, 3.8) is 0 Å². The summed E-state index contributed by atoms with van der Waals surface area (Å²) in [5.74, 6) is 0.860. The number of halogens is 1. The highest BCUT2D eigenvalue weighted by Gasteiger charge is 2.01. The van der Waals surface area contributed by atoms with Crippen LogP contribution < -0.4 is 10.1 Å². The number of para-hydroxylation sites is 1. The van der Waals surface area contributed by atoms with Gasteiger partial charge in [-0.3, -0.25) is 0 Å². The Bertz CT molecular complexity index is 816. The Morgan fingerprint density at radius 3 is 2.50 bits per heavy atom. The topological polar surface area (TPSA) is 21.3 Å². The molecule has 24 heavy (non-hydrogen) atoms. The van der Waals surface area contributed by atoms with Crippen molar-refractivity contribution < 1.29 is 4.74 Å². The number of ether oxygens (including phenoxy) is 1. The Morgan fingerprint density at radius 2 is 1.67 bits per heavy atom. The highest BCUT2D eigenvalue weighted by Crippen LogP contribution is 2.19. The molecule has 1 N–H and O–H groups in total.